The van der Waals surface area contributed by atoms with Crippen LogP contribution < -0.4 is 10.1 Å². The maximum absolute atomic E-state index is 5.81. The Bertz CT molecular complexity index is 370. The van der Waals surface area contributed by atoms with Gasteiger partial charge in [0.05, 0.1) is 6.61 Å². The first kappa shape index (κ1) is 17.0. The van der Waals surface area contributed by atoms with Gasteiger partial charge in [0, 0.05) is 32.4 Å². The van der Waals surface area contributed by atoms with Crippen molar-refractivity contribution in [1.82, 2.24) is 5.32 Å². The molecule has 2 atom stereocenters. The summed E-state index contributed by atoms with van der Waals surface area (Å²) in [6.45, 7) is 4.13. The molecular weight excluding hydrogens is 254 g/mol. The Morgan fingerprint density at radius 3 is 2.50 bits per heavy atom. The average Bonchev–Trinajstić information content (AvgIpc) is 2.46. The van der Waals surface area contributed by atoms with E-state index < -0.39 is 0 Å². The van der Waals surface area contributed by atoms with E-state index in [2.05, 4.69) is 18.3 Å². The van der Waals surface area contributed by atoms with Crippen molar-refractivity contribution >= 4 is 0 Å². The summed E-state index contributed by atoms with van der Waals surface area (Å²) in [7, 11) is 5.40. The van der Waals surface area contributed by atoms with Crippen LogP contribution in [0.5, 0.6) is 5.75 Å². The molecule has 0 aliphatic carbocycles. The fourth-order valence-electron chi connectivity index (χ4n) is 2.29. The highest BCUT2D eigenvalue weighted by Gasteiger charge is 2.17. The van der Waals surface area contributed by atoms with E-state index in [1.165, 1.54) is 5.56 Å². The van der Waals surface area contributed by atoms with Gasteiger partial charge in [0.15, 0.2) is 0 Å². The summed E-state index contributed by atoms with van der Waals surface area (Å²) in [6, 6.07) is 8.43. The van der Waals surface area contributed by atoms with E-state index in [4.69, 9.17) is 14.2 Å². The third-order valence-electron chi connectivity index (χ3n) is 3.28. The van der Waals surface area contributed by atoms with Crippen LogP contribution in [0.15, 0.2) is 24.3 Å². The molecule has 1 N–H and O–H groups in total. The van der Waals surface area contributed by atoms with Crippen molar-refractivity contribution in [3.8, 4) is 5.75 Å². The molecule has 0 aromatic heterocycles. The fraction of sp³-hybridized carbons (Fsp3) is 0.625. The molecule has 0 radical (unpaired) electrons. The Hall–Kier alpha value is -1.10. The van der Waals surface area contributed by atoms with Crippen LogP contribution in [0.3, 0.4) is 0 Å². The molecule has 4 heteroatoms. The molecular formula is C16H27NO3. The predicted molar refractivity (Wildman–Crippen MR) is 81.3 cm³/mol. The smallest absolute Gasteiger partial charge is 0.124 e. The Balaban J connectivity index is 2.74. The summed E-state index contributed by atoms with van der Waals surface area (Å²) in [6.07, 6.45) is 1.01. The van der Waals surface area contributed by atoms with Gasteiger partial charge in [-0.1, -0.05) is 25.1 Å². The Labute approximate surface area is 122 Å². The van der Waals surface area contributed by atoms with Crippen molar-refractivity contribution in [1.29, 1.82) is 0 Å². The molecule has 0 aliphatic rings. The maximum Gasteiger partial charge on any atom is 0.124 e. The van der Waals surface area contributed by atoms with Crippen LogP contribution in [-0.2, 0) is 9.47 Å². The molecule has 2 unspecified atom stereocenters. The first-order chi connectivity index (χ1) is 9.72. The van der Waals surface area contributed by atoms with Gasteiger partial charge in [-0.05, 0) is 25.5 Å². The standard InChI is InChI=1S/C16H27NO3/c1-13(12-19-4)11-15(17-2)14-7-5-6-8-16(14)20-10-9-18-3/h5-8,13,15,17H,9-12H2,1-4H3. The summed E-state index contributed by atoms with van der Waals surface area (Å²) < 4.78 is 16.1. The molecule has 0 amide bonds. The number of nitrogens with one attached hydrogen (secondary N) is 1. The maximum atomic E-state index is 5.81. The van der Waals surface area contributed by atoms with Crippen molar-refractivity contribution < 1.29 is 14.2 Å². The van der Waals surface area contributed by atoms with E-state index in [9.17, 15) is 0 Å². The van der Waals surface area contributed by atoms with E-state index in [1.54, 1.807) is 14.2 Å². The molecule has 1 aromatic rings. The van der Waals surface area contributed by atoms with Gasteiger partial charge in [-0.25, -0.2) is 0 Å². The average molecular weight is 281 g/mol. The molecule has 4 nitrogen and oxygen atoms in total. The molecule has 114 valence electrons. The molecule has 1 aromatic carbocycles. The van der Waals surface area contributed by atoms with Crippen LogP contribution >= 0.6 is 0 Å². The lowest BCUT2D eigenvalue weighted by Crippen LogP contribution is -2.21. The summed E-state index contributed by atoms with van der Waals surface area (Å²) in [5, 5.41) is 3.37. The van der Waals surface area contributed by atoms with Crippen LogP contribution in [0.4, 0.5) is 0 Å². The minimum Gasteiger partial charge on any atom is -0.491 e. The van der Waals surface area contributed by atoms with Gasteiger partial charge in [-0.2, -0.15) is 0 Å². The number of methoxy groups -OCH3 is 2. The molecule has 20 heavy (non-hydrogen) atoms. The molecule has 0 aliphatic heterocycles. The monoisotopic (exact) mass is 281 g/mol. The normalized spacial score (nSPS) is 14.0. The lowest BCUT2D eigenvalue weighted by molar-refractivity contribution is 0.142. The second-order valence-electron chi connectivity index (χ2n) is 5.02. The summed E-state index contributed by atoms with van der Waals surface area (Å²) in [5.74, 6) is 1.41. The molecule has 0 bridgehead atoms. The third kappa shape index (κ3) is 5.49. The van der Waals surface area contributed by atoms with Crippen LogP contribution in [0.2, 0.25) is 0 Å². The van der Waals surface area contributed by atoms with Crippen LogP contribution in [0.25, 0.3) is 0 Å². The van der Waals surface area contributed by atoms with Crippen molar-refractivity contribution in [2.45, 2.75) is 19.4 Å². The van der Waals surface area contributed by atoms with E-state index in [1.807, 2.05) is 25.2 Å². The highest BCUT2D eigenvalue weighted by molar-refractivity contribution is 5.36. The van der Waals surface area contributed by atoms with Crippen LogP contribution in [0.1, 0.15) is 24.9 Å². The molecule has 0 spiro atoms. The lowest BCUT2D eigenvalue weighted by Gasteiger charge is -2.23. The van der Waals surface area contributed by atoms with Crippen molar-refractivity contribution in [2.24, 2.45) is 5.92 Å². The topological polar surface area (TPSA) is 39.7 Å². The number of rotatable bonds is 10. The van der Waals surface area contributed by atoms with E-state index >= 15 is 0 Å². The van der Waals surface area contributed by atoms with Gasteiger partial charge in [0.25, 0.3) is 0 Å². The predicted octanol–water partition coefficient (Wildman–Crippen LogP) is 2.64. The fourth-order valence-corrected chi connectivity index (χ4v) is 2.29. The minimum absolute atomic E-state index is 0.263. The molecule has 0 saturated carbocycles. The van der Waals surface area contributed by atoms with Gasteiger partial charge in [0.1, 0.15) is 12.4 Å². The largest absolute Gasteiger partial charge is 0.491 e. The van der Waals surface area contributed by atoms with Crippen LogP contribution in [-0.4, -0.2) is 41.1 Å². The second-order valence-corrected chi connectivity index (χ2v) is 5.02. The van der Waals surface area contributed by atoms with Crippen LogP contribution in [0, 0.1) is 5.92 Å². The van der Waals surface area contributed by atoms with E-state index in [-0.39, 0.29) is 6.04 Å². The molecule has 1 rings (SSSR count). The Morgan fingerprint density at radius 2 is 1.85 bits per heavy atom. The SMILES string of the molecule is CNC(CC(C)COC)c1ccccc1OCCOC. The zero-order valence-electron chi connectivity index (χ0n) is 13.0. The highest BCUT2D eigenvalue weighted by atomic mass is 16.5. The van der Waals surface area contributed by atoms with Gasteiger partial charge < -0.3 is 19.5 Å². The first-order valence-corrected chi connectivity index (χ1v) is 7.09. The second kappa shape index (κ2) is 9.75. The summed E-state index contributed by atoms with van der Waals surface area (Å²) in [5.41, 5.74) is 1.19. The summed E-state index contributed by atoms with van der Waals surface area (Å²) >= 11 is 0. The van der Waals surface area contributed by atoms with E-state index in [0.717, 1.165) is 18.8 Å². The number of ether oxygens (including phenoxy) is 3. The Morgan fingerprint density at radius 1 is 1.10 bits per heavy atom. The summed E-state index contributed by atoms with van der Waals surface area (Å²) in [4.78, 5) is 0. The molecule has 0 saturated heterocycles. The molecule has 0 fully saturated rings. The minimum atomic E-state index is 0.263. The van der Waals surface area contributed by atoms with Crippen molar-refractivity contribution in [3.63, 3.8) is 0 Å². The zero-order valence-corrected chi connectivity index (χ0v) is 13.0. The van der Waals surface area contributed by atoms with E-state index in [0.29, 0.717) is 19.1 Å². The first-order valence-electron chi connectivity index (χ1n) is 7.09. The number of benzene rings is 1. The zero-order chi connectivity index (χ0) is 14.8. The van der Waals surface area contributed by atoms with Crippen molar-refractivity contribution in [3.05, 3.63) is 29.8 Å². The number of hydrogen-bond donors (Lipinski definition) is 1. The van der Waals surface area contributed by atoms with Crippen molar-refractivity contribution in [2.75, 3.05) is 41.1 Å². The third-order valence-corrected chi connectivity index (χ3v) is 3.28. The number of para-hydroxylation sites is 1. The Kier molecular flexibility index (Phi) is 8.26. The van der Waals surface area contributed by atoms with Gasteiger partial charge >= 0.3 is 0 Å². The van der Waals surface area contributed by atoms with Gasteiger partial charge in [-0.15, -0.1) is 0 Å². The lowest BCUT2D eigenvalue weighted by atomic mass is 9.96. The van der Waals surface area contributed by atoms with Gasteiger partial charge in [0.2, 0.25) is 0 Å². The number of hydrogen-bond acceptors (Lipinski definition) is 4. The highest BCUT2D eigenvalue weighted by Crippen LogP contribution is 2.29. The molecule has 0 heterocycles. The quantitative estimate of drug-likeness (QED) is 0.669. The van der Waals surface area contributed by atoms with Gasteiger partial charge in [-0.3, -0.25) is 0 Å².